The highest BCUT2D eigenvalue weighted by atomic mass is 32.1. The Morgan fingerprint density at radius 3 is 2.71 bits per heavy atom. The van der Waals surface area contributed by atoms with Gasteiger partial charge in [-0.2, -0.15) is 0 Å². The molecule has 0 aliphatic carbocycles. The van der Waals surface area contributed by atoms with Gasteiger partial charge in [-0.05, 0) is 32.7 Å². The van der Waals surface area contributed by atoms with Crippen molar-refractivity contribution in [3.05, 3.63) is 22.5 Å². The molecule has 0 fully saturated rings. The summed E-state index contributed by atoms with van der Waals surface area (Å²) in [6.45, 7) is 10.9. The number of fused-ring (bicyclic) bond motifs is 1. The van der Waals surface area contributed by atoms with E-state index in [1.54, 1.807) is 11.3 Å². The molecule has 2 aromatic rings. The Morgan fingerprint density at radius 2 is 1.95 bits per heavy atom. The number of hydrogen-bond donors (Lipinski definition) is 1. The van der Waals surface area contributed by atoms with Gasteiger partial charge in [0.15, 0.2) is 4.96 Å². The summed E-state index contributed by atoms with van der Waals surface area (Å²) in [5.41, 5.74) is 3.78. The number of rotatable bonds is 9. The van der Waals surface area contributed by atoms with Crippen molar-refractivity contribution >= 4 is 16.3 Å². The van der Waals surface area contributed by atoms with Gasteiger partial charge in [-0.25, -0.2) is 4.98 Å². The Hall–Kier alpha value is -0.870. The predicted octanol–water partition coefficient (Wildman–Crippen LogP) is 4.71. The fourth-order valence-corrected chi connectivity index (χ4v) is 3.67. The normalized spacial score (nSPS) is 11.9. The number of aryl methyl sites for hydroxylation is 2. The van der Waals surface area contributed by atoms with Crippen molar-refractivity contribution < 1.29 is 0 Å². The lowest BCUT2D eigenvalue weighted by atomic mass is 10.0. The quantitative estimate of drug-likeness (QED) is 0.680. The number of nitrogens with one attached hydrogen (secondary N) is 1. The van der Waals surface area contributed by atoms with Gasteiger partial charge in [0.05, 0.1) is 11.4 Å². The van der Waals surface area contributed by atoms with E-state index in [2.05, 4.69) is 47.8 Å². The van der Waals surface area contributed by atoms with Gasteiger partial charge in [0.2, 0.25) is 0 Å². The van der Waals surface area contributed by atoms with Crippen molar-refractivity contribution in [1.82, 2.24) is 14.7 Å². The highest BCUT2D eigenvalue weighted by Crippen LogP contribution is 2.20. The Labute approximate surface area is 132 Å². The predicted molar refractivity (Wildman–Crippen MR) is 92.2 cm³/mol. The number of imidazole rings is 1. The van der Waals surface area contributed by atoms with Gasteiger partial charge in [-0.1, -0.05) is 39.5 Å². The molecule has 0 amide bonds. The fourth-order valence-electron chi connectivity index (χ4n) is 2.74. The van der Waals surface area contributed by atoms with Crippen molar-refractivity contribution in [3.63, 3.8) is 0 Å². The molecule has 4 heteroatoms. The molecule has 0 aliphatic heterocycles. The van der Waals surface area contributed by atoms with E-state index < -0.39 is 0 Å². The SMILES string of the molecule is Cc1nc2scc(C)n2c1CNCCCCCCC(C)C. The van der Waals surface area contributed by atoms with E-state index in [1.807, 2.05) is 0 Å². The molecule has 0 aromatic carbocycles. The molecule has 0 unspecified atom stereocenters. The molecule has 3 nitrogen and oxygen atoms in total. The summed E-state index contributed by atoms with van der Waals surface area (Å²) >= 11 is 1.73. The van der Waals surface area contributed by atoms with E-state index in [4.69, 9.17) is 0 Å². The summed E-state index contributed by atoms with van der Waals surface area (Å²) in [7, 11) is 0. The smallest absolute Gasteiger partial charge is 0.194 e. The molecular weight excluding hydrogens is 278 g/mol. The maximum atomic E-state index is 4.63. The van der Waals surface area contributed by atoms with E-state index in [1.165, 1.54) is 43.5 Å². The van der Waals surface area contributed by atoms with Crippen molar-refractivity contribution in [2.45, 2.75) is 66.3 Å². The minimum atomic E-state index is 0.851. The third-order valence-electron chi connectivity index (χ3n) is 4.01. The Morgan fingerprint density at radius 1 is 1.19 bits per heavy atom. The number of nitrogens with zero attached hydrogens (tertiary/aromatic N) is 2. The van der Waals surface area contributed by atoms with Crippen LogP contribution >= 0.6 is 11.3 Å². The van der Waals surface area contributed by atoms with E-state index in [0.29, 0.717) is 0 Å². The van der Waals surface area contributed by atoms with Gasteiger partial charge in [-0.15, -0.1) is 11.3 Å². The van der Waals surface area contributed by atoms with Crippen LogP contribution in [0.1, 0.15) is 63.0 Å². The third kappa shape index (κ3) is 4.55. The Kier molecular flexibility index (Phi) is 6.24. The van der Waals surface area contributed by atoms with Crippen molar-refractivity contribution in [1.29, 1.82) is 0 Å². The average Bonchev–Trinajstić information content (AvgIpc) is 2.93. The average molecular weight is 308 g/mol. The molecule has 0 radical (unpaired) electrons. The molecule has 21 heavy (non-hydrogen) atoms. The van der Waals surface area contributed by atoms with Gasteiger partial charge < -0.3 is 5.32 Å². The maximum absolute atomic E-state index is 4.63. The number of thiazole rings is 1. The first kappa shape index (κ1) is 16.5. The minimum Gasteiger partial charge on any atom is -0.311 e. The van der Waals surface area contributed by atoms with Crippen molar-refractivity contribution in [2.75, 3.05) is 6.54 Å². The maximum Gasteiger partial charge on any atom is 0.194 e. The summed E-state index contributed by atoms with van der Waals surface area (Å²) in [4.78, 5) is 5.75. The first-order valence-electron chi connectivity index (χ1n) is 8.22. The topological polar surface area (TPSA) is 29.3 Å². The molecule has 2 rings (SSSR count). The van der Waals surface area contributed by atoms with Crippen molar-refractivity contribution in [2.24, 2.45) is 5.92 Å². The number of unbranched alkanes of at least 4 members (excludes halogenated alkanes) is 3. The van der Waals surface area contributed by atoms with E-state index in [-0.39, 0.29) is 0 Å². The molecule has 2 aromatic heterocycles. The fraction of sp³-hybridized carbons (Fsp3) is 0.706. The Balaban J connectivity index is 1.68. The molecule has 0 atom stereocenters. The van der Waals surface area contributed by atoms with Crippen LogP contribution in [0, 0.1) is 19.8 Å². The zero-order chi connectivity index (χ0) is 15.2. The van der Waals surface area contributed by atoms with Crippen LogP contribution in [-0.4, -0.2) is 15.9 Å². The zero-order valence-electron chi connectivity index (χ0n) is 13.9. The second-order valence-corrected chi connectivity index (χ2v) is 7.25. The van der Waals surface area contributed by atoms with Gasteiger partial charge in [0.1, 0.15) is 0 Å². The lowest BCUT2D eigenvalue weighted by molar-refractivity contribution is 0.511. The first-order chi connectivity index (χ1) is 10.1. The molecule has 0 aliphatic rings. The molecule has 1 N–H and O–H groups in total. The minimum absolute atomic E-state index is 0.851. The molecule has 0 saturated heterocycles. The van der Waals surface area contributed by atoms with Gasteiger partial charge >= 0.3 is 0 Å². The van der Waals surface area contributed by atoms with E-state index in [0.717, 1.165) is 29.7 Å². The van der Waals surface area contributed by atoms with Crippen LogP contribution in [0.25, 0.3) is 4.96 Å². The number of hydrogen-bond acceptors (Lipinski definition) is 3. The highest BCUT2D eigenvalue weighted by molar-refractivity contribution is 7.15. The number of aromatic nitrogens is 2. The summed E-state index contributed by atoms with van der Waals surface area (Å²) < 4.78 is 2.29. The van der Waals surface area contributed by atoms with Crippen LogP contribution in [-0.2, 0) is 6.54 Å². The largest absolute Gasteiger partial charge is 0.311 e. The second-order valence-electron chi connectivity index (χ2n) is 6.41. The van der Waals surface area contributed by atoms with Crippen LogP contribution < -0.4 is 5.32 Å². The molecule has 118 valence electrons. The van der Waals surface area contributed by atoms with E-state index in [9.17, 15) is 0 Å². The lowest BCUT2D eigenvalue weighted by Crippen LogP contribution is -2.16. The standard InChI is InChI=1S/C17H29N3S/c1-13(2)9-7-5-6-8-10-18-11-16-15(4)19-17-20(16)14(3)12-21-17/h12-13,18H,5-11H2,1-4H3. The lowest BCUT2D eigenvalue weighted by Gasteiger charge is -2.07. The Bertz CT molecular complexity index is 554. The zero-order valence-corrected chi connectivity index (χ0v) is 14.7. The van der Waals surface area contributed by atoms with Crippen LogP contribution in [0.4, 0.5) is 0 Å². The van der Waals surface area contributed by atoms with Gasteiger partial charge in [0.25, 0.3) is 0 Å². The molecule has 0 saturated carbocycles. The van der Waals surface area contributed by atoms with Crippen LogP contribution in [0.3, 0.4) is 0 Å². The summed E-state index contributed by atoms with van der Waals surface area (Å²) in [5.74, 6) is 0.851. The summed E-state index contributed by atoms with van der Waals surface area (Å²) in [6.07, 6.45) is 6.76. The van der Waals surface area contributed by atoms with Crippen molar-refractivity contribution in [3.8, 4) is 0 Å². The van der Waals surface area contributed by atoms with Crippen LogP contribution in [0.2, 0.25) is 0 Å². The van der Waals surface area contributed by atoms with E-state index >= 15 is 0 Å². The summed E-state index contributed by atoms with van der Waals surface area (Å²) in [6, 6.07) is 0. The molecule has 0 bridgehead atoms. The molecular formula is C17H29N3S. The van der Waals surface area contributed by atoms with Gasteiger partial charge in [-0.3, -0.25) is 4.40 Å². The van der Waals surface area contributed by atoms with Crippen LogP contribution in [0.5, 0.6) is 0 Å². The van der Waals surface area contributed by atoms with Gasteiger partial charge in [0, 0.05) is 17.6 Å². The highest BCUT2D eigenvalue weighted by Gasteiger charge is 2.11. The second kappa shape index (κ2) is 7.95. The van der Waals surface area contributed by atoms with Crippen LogP contribution in [0.15, 0.2) is 5.38 Å². The molecule has 0 spiro atoms. The third-order valence-corrected chi connectivity index (χ3v) is 4.95. The monoisotopic (exact) mass is 307 g/mol. The first-order valence-corrected chi connectivity index (χ1v) is 9.10. The summed E-state index contributed by atoms with van der Waals surface area (Å²) in [5, 5.41) is 5.76. The molecule has 2 heterocycles.